The average molecular weight is 409 g/mol. The highest BCUT2D eigenvalue weighted by Crippen LogP contribution is 2.12. The van der Waals surface area contributed by atoms with Gasteiger partial charge in [-0.3, -0.25) is 0 Å². The fraction of sp³-hybridized carbons (Fsp3) is 0.355. The Morgan fingerprint density at radius 2 is 0.774 bits per heavy atom. The smallest absolute Gasteiger partial charge is 0.0249 e. The van der Waals surface area contributed by atoms with E-state index in [0.717, 1.165) is 24.0 Å². The second-order valence-corrected chi connectivity index (χ2v) is 8.52. The van der Waals surface area contributed by atoms with Crippen molar-refractivity contribution in [2.24, 2.45) is 0 Å². The predicted octanol–water partition coefficient (Wildman–Crippen LogP) is 7.95. The maximum absolute atomic E-state index is 3.31. The molecule has 0 heteroatoms. The Balaban J connectivity index is 1.49. The minimum absolute atomic E-state index is 1.07. The van der Waals surface area contributed by atoms with Crippen LogP contribution in [0, 0.1) is 11.8 Å². The molecule has 0 amide bonds. The summed E-state index contributed by atoms with van der Waals surface area (Å²) >= 11 is 0. The first kappa shape index (κ1) is 22.9. The van der Waals surface area contributed by atoms with Gasteiger partial charge in [0.25, 0.3) is 0 Å². The van der Waals surface area contributed by atoms with Gasteiger partial charge in [0, 0.05) is 11.1 Å². The van der Waals surface area contributed by atoms with E-state index >= 15 is 0 Å². The SMILES string of the molecule is CCCCCc1ccc(C#Cc2ccc(CCc3ccc(CCCC)cc3)cc2)cc1. The van der Waals surface area contributed by atoms with Crippen LogP contribution in [-0.4, -0.2) is 0 Å². The molecule has 0 atom stereocenters. The molecule has 0 heterocycles. The highest BCUT2D eigenvalue weighted by Gasteiger charge is 1.98. The van der Waals surface area contributed by atoms with Crippen LogP contribution in [0.4, 0.5) is 0 Å². The van der Waals surface area contributed by atoms with Gasteiger partial charge in [-0.1, -0.05) is 93.5 Å². The topological polar surface area (TPSA) is 0 Å². The molecule has 0 spiro atoms. The van der Waals surface area contributed by atoms with Crippen LogP contribution in [0.3, 0.4) is 0 Å². The van der Waals surface area contributed by atoms with Crippen molar-refractivity contribution in [3.8, 4) is 11.8 Å². The molecule has 0 aliphatic rings. The highest BCUT2D eigenvalue weighted by atomic mass is 14.0. The Kier molecular flexibility index (Phi) is 9.46. The number of hydrogen-bond donors (Lipinski definition) is 0. The molecule has 3 rings (SSSR count). The van der Waals surface area contributed by atoms with Crippen molar-refractivity contribution < 1.29 is 0 Å². The van der Waals surface area contributed by atoms with Gasteiger partial charge in [-0.25, -0.2) is 0 Å². The molecule has 3 aromatic carbocycles. The van der Waals surface area contributed by atoms with Crippen LogP contribution in [0.15, 0.2) is 72.8 Å². The normalized spacial score (nSPS) is 10.5. The van der Waals surface area contributed by atoms with Gasteiger partial charge in [-0.15, -0.1) is 0 Å². The number of rotatable bonds is 10. The zero-order valence-electron chi connectivity index (χ0n) is 19.3. The van der Waals surface area contributed by atoms with Crippen LogP contribution < -0.4 is 0 Å². The van der Waals surface area contributed by atoms with E-state index in [-0.39, 0.29) is 0 Å². The quantitative estimate of drug-likeness (QED) is 0.236. The molecule has 0 aliphatic heterocycles. The Morgan fingerprint density at radius 1 is 0.419 bits per heavy atom. The van der Waals surface area contributed by atoms with Gasteiger partial charge in [0.1, 0.15) is 0 Å². The molecular formula is C31H36. The summed E-state index contributed by atoms with van der Waals surface area (Å²) in [5.41, 5.74) is 7.83. The summed E-state index contributed by atoms with van der Waals surface area (Å²) in [6, 6.07) is 26.6. The third kappa shape index (κ3) is 8.10. The molecule has 31 heavy (non-hydrogen) atoms. The molecule has 0 unspecified atom stereocenters. The average Bonchev–Trinajstić information content (AvgIpc) is 2.82. The second-order valence-electron chi connectivity index (χ2n) is 8.52. The maximum Gasteiger partial charge on any atom is 0.0249 e. The monoisotopic (exact) mass is 408 g/mol. The number of benzene rings is 3. The van der Waals surface area contributed by atoms with Gasteiger partial charge < -0.3 is 0 Å². The molecule has 0 aliphatic carbocycles. The lowest BCUT2D eigenvalue weighted by molar-refractivity contribution is 0.717. The van der Waals surface area contributed by atoms with E-state index < -0.39 is 0 Å². The van der Waals surface area contributed by atoms with Crippen LogP contribution in [0.5, 0.6) is 0 Å². The first-order chi connectivity index (χ1) is 15.3. The minimum atomic E-state index is 1.07. The van der Waals surface area contributed by atoms with Crippen LogP contribution in [-0.2, 0) is 25.7 Å². The fourth-order valence-electron chi connectivity index (χ4n) is 3.78. The number of unbranched alkanes of at least 4 members (excludes halogenated alkanes) is 3. The van der Waals surface area contributed by atoms with Gasteiger partial charge in [-0.05, 0) is 85.0 Å². The van der Waals surface area contributed by atoms with Crippen LogP contribution in [0.1, 0.15) is 79.3 Å². The molecule has 0 nitrogen and oxygen atoms in total. The van der Waals surface area contributed by atoms with E-state index in [1.807, 2.05) is 0 Å². The first-order valence-electron chi connectivity index (χ1n) is 12.0. The maximum atomic E-state index is 3.31. The van der Waals surface area contributed by atoms with E-state index in [0.29, 0.717) is 0 Å². The minimum Gasteiger partial charge on any atom is -0.0654 e. The fourth-order valence-corrected chi connectivity index (χ4v) is 3.78. The summed E-state index contributed by atoms with van der Waals surface area (Å²) in [7, 11) is 0. The van der Waals surface area contributed by atoms with Crippen molar-refractivity contribution in [3.63, 3.8) is 0 Å². The Morgan fingerprint density at radius 3 is 1.19 bits per heavy atom. The molecule has 0 fully saturated rings. The van der Waals surface area contributed by atoms with Gasteiger partial charge in [0.2, 0.25) is 0 Å². The molecule has 3 aromatic rings. The Bertz CT molecular complexity index is 948. The van der Waals surface area contributed by atoms with Crippen LogP contribution >= 0.6 is 0 Å². The molecule has 0 bridgehead atoms. The molecule has 0 aromatic heterocycles. The van der Waals surface area contributed by atoms with E-state index in [9.17, 15) is 0 Å². The lowest BCUT2D eigenvalue weighted by Gasteiger charge is -2.05. The van der Waals surface area contributed by atoms with Crippen molar-refractivity contribution >= 4 is 0 Å². The third-order valence-corrected chi connectivity index (χ3v) is 5.87. The van der Waals surface area contributed by atoms with Crippen LogP contribution in [0.2, 0.25) is 0 Å². The van der Waals surface area contributed by atoms with Crippen molar-refractivity contribution in [2.45, 2.75) is 71.6 Å². The largest absolute Gasteiger partial charge is 0.0654 e. The summed E-state index contributed by atoms with van der Waals surface area (Å²) in [5, 5.41) is 0. The van der Waals surface area contributed by atoms with Crippen molar-refractivity contribution in [3.05, 3.63) is 106 Å². The first-order valence-corrected chi connectivity index (χ1v) is 12.0. The van der Waals surface area contributed by atoms with Crippen molar-refractivity contribution in [1.82, 2.24) is 0 Å². The summed E-state index contributed by atoms with van der Waals surface area (Å²) in [6.45, 7) is 4.50. The zero-order chi connectivity index (χ0) is 21.7. The van der Waals surface area contributed by atoms with Gasteiger partial charge >= 0.3 is 0 Å². The predicted molar refractivity (Wildman–Crippen MR) is 135 cm³/mol. The second kappa shape index (κ2) is 12.8. The molecule has 0 saturated carbocycles. The van der Waals surface area contributed by atoms with Gasteiger partial charge in [0.05, 0.1) is 0 Å². The van der Waals surface area contributed by atoms with Gasteiger partial charge in [-0.2, -0.15) is 0 Å². The Hall–Kier alpha value is -2.78. The van der Waals surface area contributed by atoms with Gasteiger partial charge in [0.15, 0.2) is 0 Å². The van der Waals surface area contributed by atoms with Crippen molar-refractivity contribution in [1.29, 1.82) is 0 Å². The van der Waals surface area contributed by atoms with Crippen LogP contribution in [0.25, 0.3) is 0 Å². The van der Waals surface area contributed by atoms with E-state index in [2.05, 4.69) is 98.5 Å². The van der Waals surface area contributed by atoms with E-state index in [1.165, 1.54) is 67.2 Å². The highest BCUT2D eigenvalue weighted by molar-refractivity contribution is 5.44. The van der Waals surface area contributed by atoms with E-state index in [4.69, 9.17) is 0 Å². The standard InChI is InChI=1S/C31H36/c1-3-5-7-9-27-12-16-29(17-13-27)19-21-31-24-22-30(23-25-31)20-18-28-14-10-26(11-15-28)8-6-4-2/h10-17,22-25H,3-9,18,20H2,1-2H3. The molecular weight excluding hydrogens is 372 g/mol. The summed E-state index contributed by atoms with van der Waals surface area (Å²) in [5.74, 6) is 6.61. The molecule has 0 radical (unpaired) electrons. The lowest BCUT2D eigenvalue weighted by atomic mass is 10.0. The third-order valence-electron chi connectivity index (χ3n) is 5.87. The Labute approximate surface area is 189 Å². The number of hydrogen-bond acceptors (Lipinski definition) is 0. The molecule has 160 valence electrons. The molecule has 0 N–H and O–H groups in total. The van der Waals surface area contributed by atoms with Crippen molar-refractivity contribution in [2.75, 3.05) is 0 Å². The summed E-state index contributed by atoms with van der Waals surface area (Å²) in [4.78, 5) is 0. The molecule has 0 saturated heterocycles. The zero-order valence-corrected chi connectivity index (χ0v) is 19.3. The number of aryl methyl sites for hydroxylation is 4. The lowest BCUT2D eigenvalue weighted by Crippen LogP contribution is -1.92. The van der Waals surface area contributed by atoms with E-state index in [1.54, 1.807) is 0 Å². The summed E-state index contributed by atoms with van der Waals surface area (Å²) < 4.78 is 0. The summed E-state index contributed by atoms with van der Waals surface area (Å²) in [6.07, 6.45) is 10.9.